The number of carbonyl (C=O) groups is 1. The van der Waals surface area contributed by atoms with Gasteiger partial charge >= 0.3 is 0 Å². The fraction of sp³-hybridized carbons (Fsp3) is 0.917. The Morgan fingerprint density at radius 2 is 2.19 bits per heavy atom. The molecule has 1 aliphatic rings. The first-order valence-electron chi connectivity index (χ1n) is 5.95. The number of amides is 1. The van der Waals surface area contributed by atoms with Crippen LogP contribution in [-0.2, 0) is 4.79 Å². The standard InChI is InChI=1S/C12H24N2OS/c1-9-8-14(5-6-16-9)11(15)7-10(13)12(2,3)4/h9-10H,5-8,13H2,1-4H3. The highest BCUT2D eigenvalue weighted by Gasteiger charge is 2.27. The lowest BCUT2D eigenvalue weighted by molar-refractivity contribution is -0.132. The molecule has 1 fully saturated rings. The van der Waals surface area contributed by atoms with E-state index in [2.05, 4.69) is 27.7 Å². The molecule has 1 saturated heterocycles. The van der Waals surface area contributed by atoms with E-state index in [0.717, 1.165) is 18.8 Å². The number of hydrogen-bond donors (Lipinski definition) is 1. The Kier molecular flexibility index (Phi) is 4.68. The molecule has 0 aromatic carbocycles. The first kappa shape index (κ1) is 13.8. The van der Waals surface area contributed by atoms with Crippen LogP contribution in [0.1, 0.15) is 34.1 Å². The van der Waals surface area contributed by atoms with Gasteiger partial charge in [-0.2, -0.15) is 11.8 Å². The van der Waals surface area contributed by atoms with Gasteiger partial charge in [-0.05, 0) is 5.41 Å². The molecular formula is C12H24N2OS. The molecule has 0 saturated carbocycles. The van der Waals surface area contributed by atoms with E-state index in [4.69, 9.17) is 5.73 Å². The second-order valence-corrected chi connectivity index (χ2v) is 7.24. The maximum Gasteiger partial charge on any atom is 0.224 e. The second-order valence-electron chi connectivity index (χ2n) is 5.70. The lowest BCUT2D eigenvalue weighted by Gasteiger charge is -2.33. The van der Waals surface area contributed by atoms with Crippen molar-refractivity contribution in [3.05, 3.63) is 0 Å². The summed E-state index contributed by atoms with van der Waals surface area (Å²) in [6, 6.07) is -0.0510. The summed E-state index contributed by atoms with van der Waals surface area (Å²) < 4.78 is 0. The Morgan fingerprint density at radius 3 is 2.69 bits per heavy atom. The summed E-state index contributed by atoms with van der Waals surface area (Å²) in [7, 11) is 0. The summed E-state index contributed by atoms with van der Waals surface area (Å²) in [6.45, 7) is 10.2. The van der Waals surface area contributed by atoms with Crippen LogP contribution in [0.3, 0.4) is 0 Å². The lowest BCUT2D eigenvalue weighted by Crippen LogP contribution is -2.45. The Morgan fingerprint density at radius 1 is 1.56 bits per heavy atom. The molecule has 16 heavy (non-hydrogen) atoms. The van der Waals surface area contributed by atoms with Gasteiger partial charge in [-0.15, -0.1) is 0 Å². The van der Waals surface area contributed by atoms with Crippen molar-refractivity contribution in [3.8, 4) is 0 Å². The van der Waals surface area contributed by atoms with Crippen molar-refractivity contribution in [2.75, 3.05) is 18.8 Å². The predicted molar refractivity (Wildman–Crippen MR) is 70.5 cm³/mol. The van der Waals surface area contributed by atoms with E-state index >= 15 is 0 Å². The topological polar surface area (TPSA) is 46.3 Å². The van der Waals surface area contributed by atoms with Gasteiger partial charge in [-0.1, -0.05) is 27.7 Å². The van der Waals surface area contributed by atoms with Gasteiger partial charge in [0, 0.05) is 36.6 Å². The highest BCUT2D eigenvalue weighted by Crippen LogP contribution is 2.22. The van der Waals surface area contributed by atoms with Gasteiger partial charge in [0.2, 0.25) is 5.91 Å². The van der Waals surface area contributed by atoms with Crippen LogP contribution >= 0.6 is 11.8 Å². The number of carbonyl (C=O) groups excluding carboxylic acids is 1. The number of hydrogen-bond acceptors (Lipinski definition) is 3. The zero-order valence-electron chi connectivity index (χ0n) is 10.8. The summed E-state index contributed by atoms with van der Waals surface area (Å²) in [5.41, 5.74) is 6.05. The van der Waals surface area contributed by atoms with E-state index in [1.54, 1.807) is 0 Å². The molecule has 0 spiro atoms. The molecule has 1 aliphatic heterocycles. The molecule has 1 rings (SSSR count). The molecule has 3 nitrogen and oxygen atoms in total. The van der Waals surface area contributed by atoms with Gasteiger partial charge in [0.25, 0.3) is 0 Å². The molecule has 0 aromatic heterocycles. The van der Waals surface area contributed by atoms with Crippen LogP contribution in [0, 0.1) is 5.41 Å². The fourth-order valence-electron chi connectivity index (χ4n) is 1.67. The fourth-order valence-corrected chi connectivity index (χ4v) is 2.68. The third kappa shape index (κ3) is 3.98. The normalized spacial score (nSPS) is 24.3. The zero-order chi connectivity index (χ0) is 12.3. The van der Waals surface area contributed by atoms with Crippen LogP contribution in [-0.4, -0.2) is 40.9 Å². The number of nitrogens with two attached hydrogens (primary N) is 1. The second kappa shape index (κ2) is 5.41. The average molecular weight is 244 g/mol. The van der Waals surface area contributed by atoms with Crippen molar-refractivity contribution in [1.82, 2.24) is 4.90 Å². The van der Waals surface area contributed by atoms with Gasteiger partial charge in [0.15, 0.2) is 0 Å². The van der Waals surface area contributed by atoms with E-state index < -0.39 is 0 Å². The summed E-state index contributed by atoms with van der Waals surface area (Å²) >= 11 is 1.94. The smallest absolute Gasteiger partial charge is 0.224 e. The molecule has 0 aliphatic carbocycles. The SMILES string of the molecule is CC1CN(C(=O)CC(N)C(C)(C)C)CCS1. The van der Waals surface area contributed by atoms with Crippen LogP contribution in [0.25, 0.3) is 0 Å². The van der Waals surface area contributed by atoms with Crippen LogP contribution < -0.4 is 5.73 Å². The Hall–Kier alpha value is -0.220. The highest BCUT2D eigenvalue weighted by atomic mass is 32.2. The zero-order valence-corrected chi connectivity index (χ0v) is 11.6. The van der Waals surface area contributed by atoms with Crippen molar-refractivity contribution in [3.63, 3.8) is 0 Å². The molecule has 0 bridgehead atoms. The van der Waals surface area contributed by atoms with E-state index in [9.17, 15) is 4.79 Å². The average Bonchev–Trinajstić information content (AvgIpc) is 2.16. The van der Waals surface area contributed by atoms with Crippen molar-refractivity contribution in [2.24, 2.45) is 11.1 Å². The molecule has 0 aromatic rings. The van der Waals surface area contributed by atoms with Gasteiger partial charge in [0.1, 0.15) is 0 Å². The lowest BCUT2D eigenvalue weighted by atomic mass is 9.85. The summed E-state index contributed by atoms with van der Waals surface area (Å²) in [4.78, 5) is 14.0. The monoisotopic (exact) mass is 244 g/mol. The molecular weight excluding hydrogens is 220 g/mol. The Balaban J connectivity index is 2.46. The largest absolute Gasteiger partial charge is 0.341 e. The van der Waals surface area contributed by atoms with Crippen molar-refractivity contribution in [1.29, 1.82) is 0 Å². The number of nitrogens with zero attached hydrogens (tertiary/aromatic N) is 1. The summed E-state index contributed by atoms with van der Waals surface area (Å²) in [6.07, 6.45) is 0.473. The van der Waals surface area contributed by atoms with Gasteiger partial charge < -0.3 is 10.6 Å². The molecule has 1 heterocycles. The third-order valence-electron chi connectivity index (χ3n) is 3.10. The first-order chi connectivity index (χ1) is 7.30. The van der Waals surface area contributed by atoms with Crippen LogP contribution in [0.2, 0.25) is 0 Å². The van der Waals surface area contributed by atoms with Crippen molar-refractivity contribution < 1.29 is 4.79 Å². The van der Waals surface area contributed by atoms with Crippen molar-refractivity contribution >= 4 is 17.7 Å². The van der Waals surface area contributed by atoms with E-state index in [-0.39, 0.29) is 17.4 Å². The predicted octanol–water partition coefficient (Wildman–Crippen LogP) is 1.71. The van der Waals surface area contributed by atoms with E-state index in [1.165, 1.54) is 0 Å². The van der Waals surface area contributed by atoms with Crippen LogP contribution in [0.15, 0.2) is 0 Å². The molecule has 2 N–H and O–H groups in total. The molecule has 4 heteroatoms. The molecule has 94 valence electrons. The quantitative estimate of drug-likeness (QED) is 0.804. The maximum absolute atomic E-state index is 12.0. The van der Waals surface area contributed by atoms with E-state index in [0.29, 0.717) is 11.7 Å². The number of rotatable bonds is 2. The van der Waals surface area contributed by atoms with Gasteiger partial charge in [0.05, 0.1) is 0 Å². The Bertz CT molecular complexity index is 250. The minimum absolute atomic E-state index is 0.00577. The van der Waals surface area contributed by atoms with Crippen LogP contribution in [0.5, 0.6) is 0 Å². The van der Waals surface area contributed by atoms with E-state index in [1.807, 2.05) is 16.7 Å². The van der Waals surface area contributed by atoms with Crippen molar-refractivity contribution in [2.45, 2.75) is 45.4 Å². The molecule has 1 amide bonds. The van der Waals surface area contributed by atoms with Crippen LogP contribution in [0.4, 0.5) is 0 Å². The third-order valence-corrected chi connectivity index (χ3v) is 4.24. The minimum Gasteiger partial charge on any atom is -0.341 e. The van der Waals surface area contributed by atoms with Gasteiger partial charge in [-0.3, -0.25) is 4.79 Å². The molecule has 2 atom stereocenters. The molecule has 0 radical (unpaired) electrons. The summed E-state index contributed by atoms with van der Waals surface area (Å²) in [5.74, 6) is 1.27. The minimum atomic E-state index is -0.0510. The maximum atomic E-state index is 12.0. The highest BCUT2D eigenvalue weighted by molar-refractivity contribution is 7.99. The number of thioether (sulfide) groups is 1. The Labute approximate surface area is 103 Å². The molecule has 2 unspecified atom stereocenters. The first-order valence-corrected chi connectivity index (χ1v) is 7.00. The summed E-state index contributed by atoms with van der Waals surface area (Å²) in [5, 5.41) is 0.559. The van der Waals surface area contributed by atoms with Gasteiger partial charge in [-0.25, -0.2) is 0 Å².